The van der Waals surface area contributed by atoms with Crippen LogP contribution in [0.25, 0.3) is 0 Å². The van der Waals surface area contributed by atoms with Gasteiger partial charge >= 0.3 is 0 Å². The maximum atomic E-state index is 8.32. The highest BCUT2D eigenvalue weighted by molar-refractivity contribution is 4.42. The summed E-state index contributed by atoms with van der Waals surface area (Å²) >= 11 is 0. The Hall–Kier alpha value is -0.0800. The first-order valence-corrected chi connectivity index (χ1v) is 2.88. The zero-order valence-electron chi connectivity index (χ0n) is 5.65. The van der Waals surface area contributed by atoms with Gasteiger partial charge in [0.15, 0.2) is 0 Å². The van der Waals surface area contributed by atoms with Gasteiger partial charge in [0.1, 0.15) is 0 Å². The van der Waals surface area contributed by atoms with Gasteiger partial charge in [-0.15, -0.1) is 0 Å². The first-order valence-electron chi connectivity index (χ1n) is 2.88. The van der Waals surface area contributed by atoms with Gasteiger partial charge in [-0.25, -0.2) is 0 Å². The van der Waals surface area contributed by atoms with Crippen molar-refractivity contribution in [1.29, 1.82) is 0 Å². The van der Waals surface area contributed by atoms with Crippen molar-refractivity contribution in [2.75, 3.05) is 6.61 Å². The van der Waals surface area contributed by atoms with E-state index in [9.17, 15) is 0 Å². The minimum absolute atomic E-state index is 0. The SMILES string of the molecule is CC(C)CCCO.O. The highest BCUT2D eigenvalue weighted by atomic mass is 16.2. The number of aliphatic hydroxyl groups is 1. The smallest absolute Gasteiger partial charge is 0.0431 e. The van der Waals surface area contributed by atoms with Crippen LogP contribution in [0.15, 0.2) is 0 Å². The lowest BCUT2D eigenvalue weighted by Crippen LogP contribution is -1.89. The van der Waals surface area contributed by atoms with E-state index in [1.165, 1.54) is 0 Å². The molecule has 0 atom stereocenters. The van der Waals surface area contributed by atoms with Crippen molar-refractivity contribution in [1.82, 2.24) is 0 Å². The zero-order chi connectivity index (χ0) is 5.70. The summed E-state index contributed by atoms with van der Waals surface area (Å²) in [5.41, 5.74) is 0. The minimum atomic E-state index is 0. The van der Waals surface area contributed by atoms with Crippen LogP contribution in [0.1, 0.15) is 26.7 Å². The zero-order valence-corrected chi connectivity index (χ0v) is 5.65. The Bertz CT molecular complexity index is 35.5. The molecule has 0 aromatic heterocycles. The lowest BCUT2D eigenvalue weighted by Gasteiger charge is -1.98. The molecule has 0 fully saturated rings. The largest absolute Gasteiger partial charge is 0.412 e. The normalized spacial score (nSPS) is 9.00. The summed E-state index contributed by atoms with van der Waals surface area (Å²) < 4.78 is 0. The molecule has 3 N–H and O–H groups in total. The Balaban J connectivity index is 0. The maximum Gasteiger partial charge on any atom is 0.0431 e. The second-order valence-electron chi connectivity index (χ2n) is 2.26. The van der Waals surface area contributed by atoms with Crippen LogP contribution in [0.4, 0.5) is 0 Å². The molecular weight excluding hydrogens is 104 g/mol. The van der Waals surface area contributed by atoms with E-state index in [0.29, 0.717) is 6.61 Å². The van der Waals surface area contributed by atoms with Crippen molar-refractivity contribution >= 4 is 0 Å². The van der Waals surface area contributed by atoms with Gasteiger partial charge in [-0.2, -0.15) is 0 Å². The van der Waals surface area contributed by atoms with E-state index in [0.717, 1.165) is 18.8 Å². The van der Waals surface area contributed by atoms with Gasteiger partial charge < -0.3 is 10.6 Å². The standard InChI is InChI=1S/C6H14O.H2O/c1-6(2)4-3-5-7;/h6-7H,3-5H2,1-2H3;1H2. The van der Waals surface area contributed by atoms with Gasteiger partial charge in [-0.3, -0.25) is 0 Å². The first-order chi connectivity index (χ1) is 3.27. The fourth-order valence-corrected chi connectivity index (χ4v) is 0.500. The number of hydrogen-bond acceptors (Lipinski definition) is 1. The van der Waals surface area contributed by atoms with Crippen molar-refractivity contribution in [2.24, 2.45) is 5.92 Å². The van der Waals surface area contributed by atoms with Crippen LogP contribution in [0, 0.1) is 5.92 Å². The summed E-state index contributed by atoms with van der Waals surface area (Å²) in [7, 11) is 0. The molecule has 0 bridgehead atoms. The monoisotopic (exact) mass is 120 g/mol. The lowest BCUT2D eigenvalue weighted by molar-refractivity contribution is 0.276. The van der Waals surface area contributed by atoms with E-state index in [-0.39, 0.29) is 5.48 Å². The molecule has 2 heteroatoms. The highest BCUT2D eigenvalue weighted by Gasteiger charge is 1.89. The molecule has 0 aliphatic heterocycles. The molecule has 0 aliphatic rings. The Morgan fingerprint density at radius 2 is 1.88 bits per heavy atom. The molecule has 0 aliphatic carbocycles. The van der Waals surface area contributed by atoms with E-state index >= 15 is 0 Å². The molecule has 8 heavy (non-hydrogen) atoms. The van der Waals surface area contributed by atoms with E-state index in [2.05, 4.69) is 13.8 Å². The van der Waals surface area contributed by atoms with E-state index in [1.54, 1.807) is 0 Å². The number of aliphatic hydroxyl groups excluding tert-OH is 1. The molecule has 0 radical (unpaired) electrons. The average molecular weight is 120 g/mol. The molecule has 0 spiro atoms. The molecule has 0 rings (SSSR count). The van der Waals surface area contributed by atoms with Crippen molar-refractivity contribution < 1.29 is 10.6 Å². The maximum absolute atomic E-state index is 8.32. The number of rotatable bonds is 3. The summed E-state index contributed by atoms with van der Waals surface area (Å²) in [6.45, 7) is 4.67. The molecule has 2 nitrogen and oxygen atoms in total. The fourth-order valence-electron chi connectivity index (χ4n) is 0.500. The first kappa shape index (κ1) is 10.8. The van der Waals surface area contributed by atoms with Crippen molar-refractivity contribution in [3.05, 3.63) is 0 Å². The Morgan fingerprint density at radius 3 is 2.00 bits per heavy atom. The lowest BCUT2D eigenvalue weighted by atomic mass is 10.1. The third-order valence-corrected chi connectivity index (χ3v) is 0.940. The molecule has 0 unspecified atom stereocenters. The number of hydrogen-bond donors (Lipinski definition) is 1. The summed E-state index contributed by atoms with van der Waals surface area (Å²) in [6, 6.07) is 0. The van der Waals surface area contributed by atoms with Gasteiger partial charge in [0.2, 0.25) is 0 Å². The molecule has 0 saturated carbocycles. The van der Waals surface area contributed by atoms with Crippen LogP contribution in [0.3, 0.4) is 0 Å². The summed E-state index contributed by atoms with van der Waals surface area (Å²) in [6.07, 6.45) is 2.11. The van der Waals surface area contributed by atoms with Crippen LogP contribution in [0.5, 0.6) is 0 Å². The highest BCUT2D eigenvalue weighted by Crippen LogP contribution is 2.00. The molecule has 0 saturated heterocycles. The van der Waals surface area contributed by atoms with Crippen LogP contribution < -0.4 is 0 Å². The molecule has 0 aromatic carbocycles. The topological polar surface area (TPSA) is 51.7 Å². The van der Waals surface area contributed by atoms with Crippen LogP contribution in [-0.4, -0.2) is 17.2 Å². The van der Waals surface area contributed by atoms with Crippen molar-refractivity contribution in [3.8, 4) is 0 Å². The van der Waals surface area contributed by atoms with Gasteiger partial charge in [-0.1, -0.05) is 13.8 Å². The summed E-state index contributed by atoms with van der Waals surface area (Å²) in [5, 5.41) is 8.32. The Morgan fingerprint density at radius 1 is 1.38 bits per heavy atom. The summed E-state index contributed by atoms with van der Waals surface area (Å²) in [4.78, 5) is 0. The fraction of sp³-hybridized carbons (Fsp3) is 1.00. The van der Waals surface area contributed by atoms with Crippen molar-refractivity contribution in [3.63, 3.8) is 0 Å². The van der Waals surface area contributed by atoms with E-state index in [1.807, 2.05) is 0 Å². The van der Waals surface area contributed by atoms with Crippen LogP contribution in [0.2, 0.25) is 0 Å². The Kier molecular flexibility index (Phi) is 9.36. The Labute approximate surface area is 50.8 Å². The van der Waals surface area contributed by atoms with Gasteiger partial charge in [0, 0.05) is 6.61 Å². The van der Waals surface area contributed by atoms with E-state index < -0.39 is 0 Å². The second-order valence-corrected chi connectivity index (χ2v) is 2.26. The van der Waals surface area contributed by atoms with E-state index in [4.69, 9.17) is 5.11 Å². The van der Waals surface area contributed by atoms with Gasteiger partial charge in [-0.05, 0) is 18.8 Å². The van der Waals surface area contributed by atoms with Gasteiger partial charge in [0.05, 0.1) is 0 Å². The minimum Gasteiger partial charge on any atom is -0.412 e. The van der Waals surface area contributed by atoms with Gasteiger partial charge in [0.25, 0.3) is 0 Å². The predicted molar refractivity (Wildman–Crippen MR) is 34.8 cm³/mol. The molecule has 0 aromatic rings. The van der Waals surface area contributed by atoms with Crippen molar-refractivity contribution in [2.45, 2.75) is 26.7 Å². The quantitative estimate of drug-likeness (QED) is 0.582. The molecule has 52 valence electrons. The molecule has 0 amide bonds. The molecular formula is C6H16O2. The molecule has 0 heterocycles. The average Bonchev–Trinajstić information content (AvgIpc) is 1.61. The third kappa shape index (κ3) is 9.33. The summed E-state index contributed by atoms with van der Waals surface area (Å²) in [5.74, 6) is 0.743. The third-order valence-electron chi connectivity index (χ3n) is 0.940. The second kappa shape index (κ2) is 6.92. The van der Waals surface area contributed by atoms with Crippen LogP contribution in [-0.2, 0) is 0 Å². The van der Waals surface area contributed by atoms with Crippen LogP contribution >= 0.6 is 0 Å². The predicted octanol–water partition coefficient (Wildman–Crippen LogP) is 0.590.